The number of unbranched alkanes of at least 4 members (excludes halogenated alkanes) is 2. The molecule has 0 bridgehead atoms. The van der Waals surface area contributed by atoms with Gasteiger partial charge in [0, 0.05) is 13.5 Å². The molecule has 2 atom stereocenters. The number of rotatable bonds is 11. The topological polar surface area (TPSA) is 69.4 Å². The zero-order chi connectivity index (χ0) is 18.9. The Morgan fingerprint density at radius 3 is 2.56 bits per heavy atom. The summed E-state index contributed by atoms with van der Waals surface area (Å²) in [5, 5.41) is 0.360. The van der Waals surface area contributed by atoms with Crippen LogP contribution in [-0.2, 0) is 19.7 Å². The van der Waals surface area contributed by atoms with Gasteiger partial charge in [0.25, 0.3) is 0 Å². The third-order valence-electron chi connectivity index (χ3n) is 4.69. The first-order valence-corrected chi connectivity index (χ1v) is 9.99. The maximum atomic E-state index is 12.6. The van der Waals surface area contributed by atoms with Gasteiger partial charge in [-0.15, -0.1) is 0 Å². The largest absolute Gasteiger partial charge is 0.461 e. The summed E-state index contributed by atoms with van der Waals surface area (Å²) in [5.41, 5.74) is 7.40. The number of nitrogens with two attached hydrogens (primary N) is 1. The lowest BCUT2D eigenvalue weighted by molar-refractivity contribution is -0.146. The highest BCUT2D eigenvalue weighted by Gasteiger charge is 2.33. The van der Waals surface area contributed by atoms with Crippen molar-refractivity contribution in [1.29, 1.82) is 0 Å². The summed E-state index contributed by atoms with van der Waals surface area (Å²) in [6, 6.07) is 8.20. The van der Waals surface area contributed by atoms with Crippen LogP contribution in [0.1, 0.15) is 57.1 Å². The average Bonchev–Trinajstić information content (AvgIpc) is 2.59. The van der Waals surface area contributed by atoms with E-state index in [1.165, 1.54) is 12.5 Å². The first kappa shape index (κ1) is 21.8. The summed E-state index contributed by atoms with van der Waals surface area (Å²) in [4.78, 5) is 23.6. The highest BCUT2D eigenvalue weighted by atomic mass is 79.9. The van der Waals surface area contributed by atoms with Crippen molar-refractivity contribution in [2.75, 3.05) is 11.9 Å². The van der Waals surface area contributed by atoms with E-state index in [4.69, 9.17) is 10.5 Å². The van der Waals surface area contributed by atoms with Crippen LogP contribution >= 0.6 is 15.9 Å². The fourth-order valence-corrected chi connectivity index (χ4v) is 3.69. The standard InChI is InChI=1S/C20H30BrNO3/c1-15-8-7-9-17(12-15)20(3,19(24)13-21)11-6-4-5-10-18(14-22)25-16(2)23/h7-9,12,18H,4-6,10-11,13-14,22H2,1-3H3. The first-order valence-electron chi connectivity index (χ1n) is 8.87. The highest BCUT2D eigenvalue weighted by molar-refractivity contribution is 9.09. The molecule has 5 heteroatoms. The van der Waals surface area contributed by atoms with Crippen molar-refractivity contribution in [2.24, 2.45) is 5.73 Å². The van der Waals surface area contributed by atoms with Gasteiger partial charge in [-0.3, -0.25) is 9.59 Å². The van der Waals surface area contributed by atoms with Crippen molar-refractivity contribution >= 4 is 27.7 Å². The molecule has 0 aliphatic rings. The molecule has 1 aromatic rings. The minimum atomic E-state index is -0.474. The number of ether oxygens (including phenoxy) is 1. The number of carbonyl (C=O) groups excluding carboxylic acids is 2. The van der Waals surface area contributed by atoms with Crippen LogP contribution in [0.2, 0.25) is 0 Å². The van der Waals surface area contributed by atoms with E-state index >= 15 is 0 Å². The number of alkyl halides is 1. The fourth-order valence-electron chi connectivity index (χ4n) is 3.07. The number of aryl methyl sites for hydroxylation is 1. The monoisotopic (exact) mass is 411 g/mol. The SMILES string of the molecule is CC(=O)OC(CN)CCCCCC(C)(C(=O)CBr)c1cccc(C)c1. The first-order chi connectivity index (χ1) is 11.8. The van der Waals surface area contributed by atoms with Gasteiger partial charge in [0.15, 0.2) is 5.78 Å². The molecule has 0 radical (unpaired) electrons. The van der Waals surface area contributed by atoms with Gasteiger partial charge in [-0.1, -0.05) is 58.6 Å². The molecule has 0 saturated heterocycles. The van der Waals surface area contributed by atoms with Gasteiger partial charge in [-0.2, -0.15) is 0 Å². The Hall–Kier alpha value is -1.20. The zero-order valence-corrected chi connectivity index (χ0v) is 17.1. The number of Topliss-reactive ketones (excluding diaryl/α,β-unsaturated/α-hetero) is 1. The number of esters is 1. The third kappa shape index (κ3) is 6.90. The van der Waals surface area contributed by atoms with Gasteiger partial charge < -0.3 is 10.5 Å². The van der Waals surface area contributed by atoms with Crippen molar-refractivity contribution in [3.8, 4) is 0 Å². The van der Waals surface area contributed by atoms with E-state index in [0.29, 0.717) is 11.9 Å². The van der Waals surface area contributed by atoms with Crippen molar-refractivity contribution < 1.29 is 14.3 Å². The van der Waals surface area contributed by atoms with Crippen molar-refractivity contribution in [3.63, 3.8) is 0 Å². The summed E-state index contributed by atoms with van der Waals surface area (Å²) in [6.07, 6.45) is 4.23. The van der Waals surface area contributed by atoms with Gasteiger partial charge in [0.05, 0.1) is 10.7 Å². The zero-order valence-electron chi connectivity index (χ0n) is 15.5. The van der Waals surface area contributed by atoms with Crippen LogP contribution in [0, 0.1) is 6.92 Å². The molecule has 0 heterocycles. The van der Waals surface area contributed by atoms with Crippen LogP contribution in [0.3, 0.4) is 0 Å². The lowest BCUT2D eigenvalue weighted by atomic mass is 9.74. The summed E-state index contributed by atoms with van der Waals surface area (Å²) < 4.78 is 5.16. The Bertz CT molecular complexity index is 576. The van der Waals surface area contributed by atoms with Gasteiger partial charge in [-0.05, 0) is 38.7 Å². The van der Waals surface area contributed by atoms with Crippen molar-refractivity contribution in [2.45, 2.75) is 64.4 Å². The van der Waals surface area contributed by atoms with Crippen LogP contribution in [0.25, 0.3) is 0 Å². The summed E-state index contributed by atoms with van der Waals surface area (Å²) in [7, 11) is 0. The predicted octanol–water partition coefficient (Wildman–Crippen LogP) is 4.06. The van der Waals surface area contributed by atoms with E-state index in [1.54, 1.807) is 0 Å². The number of benzene rings is 1. The van der Waals surface area contributed by atoms with E-state index in [0.717, 1.165) is 37.7 Å². The maximum absolute atomic E-state index is 12.6. The molecule has 0 aliphatic carbocycles. The average molecular weight is 412 g/mol. The van der Waals surface area contributed by atoms with Gasteiger partial charge in [-0.25, -0.2) is 0 Å². The molecule has 2 N–H and O–H groups in total. The molecular weight excluding hydrogens is 382 g/mol. The third-order valence-corrected chi connectivity index (χ3v) is 5.20. The highest BCUT2D eigenvalue weighted by Crippen LogP contribution is 2.32. The lowest BCUT2D eigenvalue weighted by Crippen LogP contribution is -2.33. The lowest BCUT2D eigenvalue weighted by Gasteiger charge is -2.28. The van der Waals surface area contributed by atoms with Crippen LogP contribution in [0.15, 0.2) is 24.3 Å². The number of halogens is 1. The smallest absolute Gasteiger partial charge is 0.302 e. The number of carbonyl (C=O) groups is 2. The molecule has 0 aromatic heterocycles. The summed E-state index contributed by atoms with van der Waals surface area (Å²) in [6.45, 7) is 5.84. The molecule has 1 rings (SSSR count). The van der Waals surface area contributed by atoms with Crippen LogP contribution < -0.4 is 5.73 Å². The minimum Gasteiger partial charge on any atom is -0.461 e. The Labute approximate surface area is 159 Å². The maximum Gasteiger partial charge on any atom is 0.302 e. The summed E-state index contributed by atoms with van der Waals surface area (Å²) >= 11 is 3.33. The van der Waals surface area contributed by atoms with Crippen LogP contribution in [0.5, 0.6) is 0 Å². The molecule has 1 aromatic carbocycles. The fraction of sp³-hybridized carbons (Fsp3) is 0.600. The van der Waals surface area contributed by atoms with Gasteiger partial charge in [0.2, 0.25) is 0 Å². The molecule has 25 heavy (non-hydrogen) atoms. The second kappa shape index (κ2) is 10.7. The van der Waals surface area contributed by atoms with E-state index in [1.807, 2.05) is 32.0 Å². The molecule has 0 aliphatic heterocycles. The minimum absolute atomic E-state index is 0.204. The quantitative estimate of drug-likeness (QED) is 0.338. The molecular formula is C20H30BrNO3. The van der Waals surface area contributed by atoms with Crippen LogP contribution in [-0.4, -0.2) is 29.7 Å². The van der Waals surface area contributed by atoms with E-state index < -0.39 is 5.41 Å². The molecule has 4 nitrogen and oxygen atoms in total. The molecule has 0 spiro atoms. The molecule has 0 amide bonds. The molecule has 0 saturated carbocycles. The second-order valence-electron chi connectivity index (χ2n) is 6.82. The Kier molecular flexibility index (Phi) is 9.36. The number of hydrogen-bond acceptors (Lipinski definition) is 4. The Morgan fingerprint density at radius 2 is 2.00 bits per heavy atom. The normalized spacial score (nSPS) is 14.6. The Balaban J connectivity index is 2.60. The van der Waals surface area contributed by atoms with E-state index in [2.05, 4.69) is 22.0 Å². The Morgan fingerprint density at radius 1 is 1.28 bits per heavy atom. The number of ketones is 1. The van der Waals surface area contributed by atoms with Crippen LogP contribution in [0.4, 0.5) is 0 Å². The molecule has 140 valence electrons. The second-order valence-corrected chi connectivity index (χ2v) is 7.39. The van der Waals surface area contributed by atoms with E-state index in [-0.39, 0.29) is 17.9 Å². The van der Waals surface area contributed by atoms with Gasteiger partial charge in [0.1, 0.15) is 6.10 Å². The van der Waals surface area contributed by atoms with Gasteiger partial charge >= 0.3 is 5.97 Å². The van der Waals surface area contributed by atoms with E-state index in [9.17, 15) is 9.59 Å². The van der Waals surface area contributed by atoms with Crippen molar-refractivity contribution in [3.05, 3.63) is 35.4 Å². The number of hydrogen-bond donors (Lipinski definition) is 1. The molecule has 0 fully saturated rings. The summed E-state index contributed by atoms with van der Waals surface area (Å²) in [5.74, 6) is -0.0803. The van der Waals surface area contributed by atoms with Crippen molar-refractivity contribution in [1.82, 2.24) is 0 Å². The predicted molar refractivity (Wildman–Crippen MR) is 105 cm³/mol. The molecule has 2 unspecified atom stereocenters.